The molecule has 0 aliphatic heterocycles. The molecule has 2 aromatic heterocycles. The third-order valence-electron chi connectivity index (χ3n) is 4.09. The van der Waals surface area contributed by atoms with Crippen LogP contribution < -0.4 is 5.32 Å². The van der Waals surface area contributed by atoms with Gasteiger partial charge in [-0.3, -0.25) is 4.79 Å². The summed E-state index contributed by atoms with van der Waals surface area (Å²) in [4.78, 5) is 13.9. The number of anilines is 1. The van der Waals surface area contributed by atoms with Crippen molar-refractivity contribution in [2.45, 2.75) is 25.7 Å². The number of hydrogen-bond acceptors (Lipinski definition) is 6. The number of halogens is 1. The van der Waals surface area contributed by atoms with Crippen LogP contribution in [0.5, 0.6) is 0 Å². The van der Waals surface area contributed by atoms with Gasteiger partial charge < -0.3 is 9.73 Å². The van der Waals surface area contributed by atoms with Crippen LogP contribution in [0, 0.1) is 24.1 Å². The molecule has 8 heteroatoms. The molecule has 0 radical (unpaired) electrons. The summed E-state index contributed by atoms with van der Waals surface area (Å²) in [7, 11) is 0. The Hall–Kier alpha value is -3.05. The second-order valence-corrected chi connectivity index (χ2v) is 7.32. The van der Waals surface area contributed by atoms with E-state index in [0.29, 0.717) is 23.4 Å². The fourth-order valence-corrected chi connectivity index (χ4v) is 3.40. The number of nitriles is 1. The number of nitrogens with one attached hydrogen (secondary N) is 1. The quantitative estimate of drug-likeness (QED) is 0.743. The Bertz CT molecular complexity index is 1050. The van der Waals surface area contributed by atoms with E-state index >= 15 is 0 Å². The average Bonchev–Trinajstić information content (AvgIpc) is 3.25. The first-order valence-electron chi connectivity index (χ1n) is 8.00. The summed E-state index contributed by atoms with van der Waals surface area (Å²) in [6, 6.07) is 7.32. The van der Waals surface area contributed by atoms with Gasteiger partial charge in [0.05, 0.1) is 27.8 Å². The van der Waals surface area contributed by atoms with Crippen LogP contribution in [0.3, 0.4) is 0 Å². The van der Waals surface area contributed by atoms with Crippen LogP contribution in [0.15, 0.2) is 28.7 Å². The van der Waals surface area contributed by atoms with Crippen molar-refractivity contribution in [3.05, 3.63) is 52.0 Å². The Kier molecular flexibility index (Phi) is 4.01. The number of benzene rings is 1. The monoisotopic (exact) mass is 368 g/mol. The number of aromatic nitrogens is 2. The van der Waals surface area contributed by atoms with Crippen LogP contribution in [0.1, 0.15) is 45.4 Å². The van der Waals surface area contributed by atoms with Crippen molar-refractivity contribution in [1.29, 1.82) is 5.26 Å². The minimum atomic E-state index is -0.736. The number of thiophene rings is 1. The molecular formula is C18H13FN4O2S. The Morgan fingerprint density at radius 3 is 2.88 bits per heavy atom. The maximum atomic E-state index is 14.0. The Labute approximate surface area is 152 Å². The standard InChI is InChI=1S/C18H13FN4O2S/c1-9-14(21-16(24)12-5-2-10(8-20)6-13(12)19)7-15(26-9)18-23-22-17(25-18)11-3-4-11/h2,5-7,11H,3-4H2,1H3,(H,21,24). The lowest BCUT2D eigenvalue weighted by Crippen LogP contribution is -2.13. The van der Waals surface area contributed by atoms with Crippen molar-refractivity contribution >= 4 is 22.9 Å². The summed E-state index contributed by atoms with van der Waals surface area (Å²) >= 11 is 1.41. The number of hydrogen-bond donors (Lipinski definition) is 1. The predicted octanol–water partition coefficient (Wildman–Crippen LogP) is 4.25. The van der Waals surface area contributed by atoms with Gasteiger partial charge in [0.25, 0.3) is 11.8 Å². The average molecular weight is 368 g/mol. The summed E-state index contributed by atoms with van der Waals surface area (Å²) in [5.74, 6) is 0.126. The van der Waals surface area contributed by atoms with E-state index in [1.807, 2.05) is 13.0 Å². The first-order valence-corrected chi connectivity index (χ1v) is 8.82. The molecule has 0 bridgehead atoms. The second-order valence-electron chi connectivity index (χ2n) is 6.06. The third kappa shape index (κ3) is 3.09. The number of amides is 1. The highest BCUT2D eigenvalue weighted by molar-refractivity contribution is 7.15. The summed E-state index contributed by atoms with van der Waals surface area (Å²) in [6.07, 6.45) is 2.14. The summed E-state index contributed by atoms with van der Waals surface area (Å²) in [6.45, 7) is 1.84. The number of rotatable bonds is 4. The van der Waals surface area contributed by atoms with Gasteiger partial charge in [0.2, 0.25) is 5.89 Å². The molecule has 1 aliphatic carbocycles. The molecule has 1 N–H and O–H groups in total. The maximum Gasteiger partial charge on any atom is 0.258 e. The molecular weight excluding hydrogens is 355 g/mol. The normalized spacial score (nSPS) is 13.4. The van der Waals surface area contributed by atoms with Crippen molar-refractivity contribution < 1.29 is 13.6 Å². The number of carbonyl (C=O) groups excluding carboxylic acids is 1. The molecule has 1 aromatic carbocycles. The topological polar surface area (TPSA) is 91.8 Å². The van der Waals surface area contributed by atoms with Crippen LogP contribution >= 0.6 is 11.3 Å². The second kappa shape index (κ2) is 6.35. The summed E-state index contributed by atoms with van der Waals surface area (Å²) < 4.78 is 19.7. The minimum Gasteiger partial charge on any atom is -0.420 e. The van der Waals surface area contributed by atoms with Crippen molar-refractivity contribution in [3.8, 4) is 16.8 Å². The molecule has 3 aromatic rings. The Morgan fingerprint density at radius 1 is 1.38 bits per heavy atom. The summed E-state index contributed by atoms with van der Waals surface area (Å²) in [5, 5.41) is 19.6. The van der Waals surface area contributed by atoms with Crippen molar-refractivity contribution in [2.75, 3.05) is 5.32 Å². The highest BCUT2D eigenvalue weighted by Crippen LogP contribution is 2.41. The van der Waals surface area contributed by atoms with E-state index in [2.05, 4.69) is 15.5 Å². The molecule has 4 rings (SSSR count). The number of carbonyl (C=O) groups is 1. The Morgan fingerprint density at radius 2 is 2.19 bits per heavy atom. The highest BCUT2D eigenvalue weighted by atomic mass is 32.1. The highest BCUT2D eigenvalue weighted by Gasteiger charge is 2.30. The van der Waals surface area contributed by atoms with Gasteiger partial charge in [0.1, 0.15) is 5.82 Å². The zero-order chi connectivity index (χ0) is 18.3. The number of aryl methyl sites for hydroxylation is 1. The summed E-state index contributed by atoms with van der Waals surface area (Å²) in [5.41, 5.74) is 0.603. The van der Waals surface area contributed by atoms with E-state index in [9.17, 15) is 9.18 Å². The van der Waals surface area contributed by atoms with E-state index in [-0.39, 0.29) is 11.1 Å². The zero-order valence-corrected chi connectivity index (χ0v) is 14.6. The maximum absolute atomic E-state index is 14.0. The lowest BCUT2D eigenvalue weighted by atomic mass is 10.1. The Balaban J connectivity index is 1.55. The third-order valence-corrected chi connectivity index (χ3v) is 5.13. The van der Waals surface area contributed by atoms with Crippen LogP contribution in [0.25, 0.3) is 10.8 Å². The molecule has 1 saturated carbocycles. The van der Waals surface area contributed by atoms with Crippen molar-refractivity contribution in [1.82, 2.24) is 10.2 Å². The van der Waals surface area contributed by atoms with E-state index in [1.54, 1.807) is 6.07 Å². The van der Waals surface area contributed by atoms with Crippen LogP contribution in [0.2, 0.25) is 0 Å². The minimum absolute atomic E-state index is 0.120. The van der Waals surface area contributed by atoms with Crippen LogP contribution in [0.4, 0.5) is 10.1 Å². The molecule has 0 atom stereocenters. The van der Waals surface area contributed by atoms with Gasteiger partial charge in [0, 0.05) is 10.8 Å². The smallest absolute Gasteiger partial charge is 0.258 e. The lowest BCUT2D eigenvalue weighted by molar-refractivity contribution is 0.102. The van der Waals surface area contributed by atoms with Gasteiger partial charge >= 0.3 is 0 Å². The first-order chi connectivity index (χ1) is 12.5. The van der Waals surface area contributed by atoms with Gasteiger partial charge in [-0.15, -0.1) is 21.5 Å². The molecule has 1 aliphatic rings. The van der Waals surface area contributed by atoms with E-state index in [4.69, 9.17) is 9.68 Å². The fraction of sp³-hybridized carbons (Fsp3) is 0.222. The molecule has 130 valence electrons. The van der Waals surface area contributed by atoms with E-state index in [0.717, 1.165) is 28.7 Å². The van der Waals surface area contributed by atoms with Gasteiger partial charge in [0.15, 0.2) is 0 Å². The molecule has 0 spiro atoms. The predicted molar refractivity (Wildman–Crippen MR) is 93.4 cm³/mol. The van der Waals surface area contributed by atoms with E-state index in [1.165, 1.54) is 23.5 Å². The molecule has 0 unspecified atom stereocenters. The van der Waals surface area contributed by atoms with Crippen LogP contribution in [-0.2, 0) is 0 Å². The van der Waals surface area contributed by atoms with Crippen molar-refractivity contribution in [2.24, 2.45) is 0 Å². The fourth-order valence-electron chi connectivity index (χ4n) is 2.50. The van der Waals surface area contributed by atoms with E-state index < -0.39 is 11.7 Å². The molecule has 6 nitrogen and oxygen atoms in total. The van der Waals surface area contributed by atoms with Crippen molar-refractivity contribution in [3.63, 3.8) is 0 Å². The van der Waals surface area contributed by atoms with Gasteiger partial charge in [-0.25, -0.2) is 4.39 Å². The number of nitrogens with zero attached hydrogens (tertiary/aromatic N) is 3. The molecule has 26 heavy (non-hydrogen) atoms. The molecule has 1 amide bonds. The molecule has 1 fully saturated rings. The van der Waals surface area contributed by atoms with Gasteiger partial charge in [-0.2, -0.15) is 5.26 Å². The van der Waals surface area contributed by atoms with Crippen LogP contribution in [-0.4, -0.2) is 16.1 Å². The molecule has 2 heterocycles. The SMILES string of the molecule is Cc1sc(-c2nnc(C3CC3)o2)cc1NC(=O)c1ccc(C#N)cc1F. The molecule has 0 saturated heterocycles. The largest absolute Gasteiger partial charge is 0.420 e. The van der Waals surface area contributed by atoms with Gasteiger partial charge in [-0.1, -0.05) is 0 Å². The van der Waals surface area contributed by atoms with Gasteiger partial charge in [-0.05, 0) is 44.0 Å². The lowest BCUT2D eigenvalue weighted by Gasteiger charge is -2.05. The first kappa shape index (κ1) is 16.4. The zero-order valence-electron chi connectivity index (χ0n) is 13.7.